The summed E-state index contributed by atoms with van der Waals surface area (Å²) in [5.74, 6) is -0.454. The quantitative estimate of drug-likeness (QED) is 0.758. The van der Waals surface area contributed by atoms with Gasteiger partial charge >= 0.3 is 0 Å². The zero-order valence-electron chi connectivity index (χ0n) is 12.7. The van der Waals surface area contributed by atoms with E-state index in [4.69, 9.17) is 17.3 Å². The van der Waals surface area contributed by atoms with Gasteiger partial charge in [-0.3, -0.25) is 4.72 Å². The van der Waals surface area contributed by atoms with Crippen molar-refractivity contribution in [3.63, 3.8) is 0 Å². The molecule has 1 atom stereocenters. The van der Waals surface area contributed by atoms with Crippen molar-refractivity contribution in [2.75, 3.05) is 4.72 Å². The van der Waals surface area contributed by atoms with Crippen LogP contribution in [0.1, 0.15) is 29.2 Å². The van der Waals surface area contributed by atoms with Gasteiger partial charge in [0.15, 0.2) is 0 Å². The van der Waals surface area contributed by atoms with Gasteiger partial charge in [0.25, 0.3) is 10.0 Å². The lowest BCUT2D eigenvalue weighted by Gasteiger charge is -2.15. The molecule has 3 N–H and O–H groups in total. The molecule has 0 fully saturated rings. The Morgan fingerprint density at radius 2 is 2.08 bits per heavy atom. The minimum atomic E-state index is -3.87. The van der Waals surface area contributed by atoms with E-state index >= 15 is 0 Å². The molecular weight excluding hydrogens is 419 g/mol. The summed E-state index contributed by atoms with van der Waals surface area (Å²) >= 11 is 9.19. The highest BCUT2D eigenvalue weighted by atomic mass is 79.9. The largest absolute Gasteiger partial charge is 0.324 e. The Labute approximate surface area is 153 Å². The highest BCUT2D eigenvalue weighted by molar-refractivity contribution is 9.10. The molecule has 0 aliphatic heterocycles. The first-order valence-electron chi connectivity index (χ1n) is 7.26. The highest BCUT2D eigenvalue weighted by Gasteiger charge is 2.29. The van der Waals surface area contributed by atoms with Gasteiger partial charge in [0, 0.05) is 11.1 Å². The van der Waals surface area contributed by atoms with Crippen molar-refractivity contribution < 1.29 is 12.8 Å². The van der Waals surface area contributed by atoms with Crippen molar-refractivity contribution in [1.29, 1.82) is 0 Å². The van der Waals surface area contributed by atoms with Crippen LogP contribution in [-0.2, 0) is 16.4 Å². The van der Waals surface area contributed by atoms with Gasteiger partial charge in [0.05, 0.1) is 15.1 Å². The molecule has 2 aromatic carbocycles. The third kappa shape index (κ3) is 3.06. The summed E-state index contributed by atoms with van der Waals surface area (Å²) in [5.41, 5.74) is 8.25. The van der Waals surface area contributed by atoms with E-state index in [9.17, 15) is 12.8 Å². The zero-order valence-corrected chi connectivity index (χ0v) is 15.9. The van der Waals surface area contributed by atoms with Crippen LogP contribution in [-0.4, -0.2) is 8.42 Å². The van der Waals surface area contributed by atoms with Crippen LogP contribution in [0.4, 0.5) is 10.1 Å². The number of halogens is 3. The minimum absolute atomic E-state index is 0.123. The number of nitrogens with one attached hydrogen (secondary N) is 1. The molecule has 0 aromatic heterocycles. The number of anilines is 1. The van der Waals surface area contributed by atoms with E-state index in [2.05, 4.69) is 20.7 Å². The molecule has 2 aromatic rings. The molecule has 0 spiro atoms. The second-order valence-corrected chi connectivity index (χ2v) is 8.64. The predicted molar refractivity (Wildman–Crippen MR) is 96.3 cm³/mol. The summed E-state index contributed by atoms with van der Waals surface area (Å²) in [5, 5.41) is 0.323. The second kappa shape index (κ2) is 6.29. The number of sulfonamides is 1. The molecule has 0 heterocycles. The van der Waals surface area contributed by atoms with Crippen LogP contribution in [0.5, 0.6) is 0 Å². The number of nitrogens with two attached hydrogens (primary N) is 1. The fourth-order valence-electron chi connectivity index (χ4n) is 2.89. The van der Waals surface area contributed by atoms with Gasteiger partial charge in [-0.2, -0.15) is 0 Å². The van der Waals surface area contributed by atoms with Crippen LogP contribution >= 0.6 is 27.5 Å². The van der Waals surface area contributed by atoms with Crippen molar-refractivity contribution >= 4 is 43.2 Å². The van der Waals surface area contributed by atoms with Crippen LogP contribution in [0.3, 0.4) is 0 Å². The molecule has 0 saturated carbocycles. The maximum Gasteiger partial charge on any atom is 0.262 e. The van der Waals surface area contributed by atoms with E-state index in [1.165, 1.54) is 18.2 Å². The van der Waals surface area contributed by atoms with Gasteiger partial charge in [-0.05, 0) is 76.7 Å². The van der Waals surface area contributed by atoms with Gasteiger partial charge in [0.2, 0.25) is 0 Å². The summed E-state index contributed by atoms with van der Waals surface area (Å²) in [4.78, 5) is 0.123. The van der Waals surface area contributed by atoms with Crippen LogP contribution in [0.2, 0.25) is 5.02 Å². The summed E-state index contributed by atoms with van der Waals surface area (Å²) in [7, 11) is -3.87. The SMILES string of the molecule is Cc1c(NS(=O)(=O)c2cc(Cl)cc3c2CCC3N)ccc(F)c1Br. The molecule has 128 valence electrons. The molecule has 4 nitrogen and oxygen atoms in total. The summed E-state index contributed by atoms with van der Waals surface area (Å²) in [6.45, 7) is 1.63. The van der Waals surface area contributed by atoms with Crippen molar-refractivity contribution in [1.82, 2.24) is 0 Å². The molecule has 0 saturated heterocycles. The molecule has 1 aliphatic carbocycles. The first-order valence-corrected chi connectivity index (χ1v) is 9.91. The van der Waals surface area contributed by atoms with Crippen molar-refractivity contribution in [2.24, 2.45) is 5.73 Å². The third-order valence-corrected chi connectivity index (χ3v) is 6.81. The van der Waals surface area contributed by atoms with Gasteiger partial charge < -0.3 is 5.73 Å². The number of hydrogen-bond acceptors (Lipinski definition) is 3. The lowest BCUT2D eigenvalue weighted by Crippen LogP contribution is -2.16. The normalized spacial score (nSPS) is 17.0. The standard InChI is InChI=1S/C16H15BrClFN2O2S/c1-8-14(5-3-12(19)16(8)17)21-24(22,23)15-7-9(18)6-11-10(15)2-4-13(11)20/h3,5-7,13,21H,2,4,20H2,1H3. The van der Waals surface area contributed by atoms with E-state index in [-0.39, 0.29) is 15.4 Å². The smallest absolute Gasteiger partial charge is 0.262 e. The summed E-state index contributed by atoms with van der Waals surface area (Å²) in [6.07, 6.45) is 1.26. The topological polar surface area (TPSA) is 72.2 Å². The molecule has 0 amide bonds. The van der Waals surface area contributed by atoms with Crippen molar-refractivity contribution in [2.45, 2.75) is 30.7 Å². The molecule has 1 aliphatic rings. The molecule has 3 rings (SSSR count). The average molecular weight is 434 g/mol. The van der Waals surface area contributed by atoms with E-state index in [0.29, 0.717) is 34.7 Å². The number of fused-ring (bicyclic) bond motifs is 1. The van der Waals surface area contributed by atoms with Gasteiger partial charge in [-0.25, -0.2) is 12.8 Å². The van der Waals surface area contributed by atoms with Crippen LogP contribution in [0.25, 0.3) is 0 Å². The van der Waals surface area contributed by atoms with Gasteiger partial charge in [-0.1, -0.05) is 11.6 Å². The molecule has 0 bridgehead atoms. The van der Waals surface area contributed by atoms with Crippen molar-refractivity contribution in [3.8, 4) is 0 Å². The maximum atomic E-state index is 13.5. The van der Waals surface area contributed by atoms with Crippen LogP contribution in [0, 0.1) is 12.7 Å². The monoisotopic (exact) mass is 432 g/mol. The average Bonchev–Trinajstić information content (AvgIpc) is 2.88. The third-order valence-electron chi connectivity index (χ3n) is 4.19. The Kier molecular flexibility index (Phi) is 4.63. The van der Waals surface area contributed by atoms with Gasteiger partial charge in [0.1, 0.15) is 5.82 Å². The fourth-order valence-corrected chi connectivity index (χ4v) is 4.97. The Hall–Kier alpha value is -1.15. The molecule has 8 heteroatoms. The first-order chi connectivity index (χ1) is 11.2. The highest BCUT2D eigenvalue weighted by Crippen LogP contribution is 2.37. The van der Waals surface area contributed by atoms with E-state index in [1.807, 2.05) is 0 Å². The number of rotatable bonds is 3. The molecule has 24 heavy (non-hydrogen) atoms. The minimum Gasteiger partial charge on any atom is -0.324 e. The Bertz CT molecular complexity index is 934. The van der Waals surface area contributed by atoms with Gasteiger partial charge in [-0.15, -0.1) is 0 Å². The molecule has 1 unspecified atom stereocenters. The fraction of sp³-hybridized carbons (Fsp3) is 0.250. The van der Waals surface area contributed by atoms with E-state index in [1.54, 1.807) is 13.0 Å². The summed E-state index contributed by atoms with van der Waals surface area (Å²) in [6, 6.07) is 5.52. The lowest BCUT2D eigenvalue weighted by atomic mass is 10.1. The van der Waals surface area contributed by atoms with Crippen LogP contribution < -0.4 is 10.5 Å². The number of hydrogen-bond donors (Lipinski definition) is 2. The van der Waals surface area contributed by atoms with Crippen LogP contribution in [0.15, 0.2) is 33.6 Å². The Balaban J connectivity index is 2.07. The predicted octanol–water partition coefficient (Wildman–Crippen LogP) is 4.30. The number of benzene rings is 2. The van der Waals surface area contributed by atoms with E-state index in [0.717, 1.165) is 5.56 Å². The zero-order chi connectivity index (χ0) is 17.6. The molecular formula is C16H15BrClFN2O2S. The van der Waals surface area contributed by atoms with Crippen molar-refractivity contribution in [3.05, 3.63) is 56.3 Å². The second-order valence-electron chi connectivity index (χ2n) is 5.76. The van der Waals surface area contributed by atoms with E-state index < -0.39 is 15.8 Å². The molecule has 0 radical (unpaired) electrons. The maximum absolute atomic E-state index is 13.5. The Morgan fingerprint density at radius 1 is 1.38 bits per heavy atom. The first kappa shape index (κ1) is 17.7. The lowest BCUT2D eigenvalue weighted by molar-refractivity contribution is 0.599. The summed E-state index contributed by atoms with van der Waals surface area (Å²) < 4.78 is 42.0. The Morgan fingerprint density at radius 3 is 2.79 bits per heavy atom.